The lowest BCUT2D eigenvalue weighted by molar-refractivity contribution is 0.0934. The van der Waals surface area contributed by atoms with Gasteiger partial charge in [-0.2, -0.15) is 0 Å². The van der Waals surface area contributed by atoms with E-state index in [-0.39, 0.29) is 5.91 Å². The topological polar surface area (TPSA) is 41.1 Å². The summed E-state index contributed by atoms with van der Waals surface area (Å²) in [5, 5.41) is 6.49. The zero-order valence-corrected chi connectivity index (χ0v) is 13.6. The SMILES string of the molecule is CCCNc1ccc(C(=O)NCC2(C)CCCC2)cc1C. The van der Waals surface area contributed by atoms with Gasteiger partial charge in [0.05, 0.1) is 0 Å². The molecule has 1 aromatic carbocycles. The molecule has 3 nitrogen and oxygen atoms in total. The third-order valence-corrected chi connectivity index (χ3v) is 4.54. The first-order chi connectivity index (χ1) is 10.0. The quantitative estimate of drug-likeness (QED) is 0.826. The van der Waals surface area contributed by atoms with Crippen LogP contribution in [0, 0.1) is 12.3 Å². The molecule has 0 atom stereocenters. The number of rotatable bonds is 6. The second kappa shape index (κ2) is 6.97. The standard InChI is InChI=1S/C18H28N2O/c1-4-11-19-16-8-7-15(12-14(16)2)17(21)20-13-18(3)9-5-6-10-18/h7-8,12,19H,4-6,9-11,13H2,1-3H3,(H,20,21). The third kappa shape index (κ3) is 4.23. The molecule has 0 aliphatic heterocycles. The number of nitrogens with one attached hydrogen (secondary N) is 2. The van der Waals surface area contributed by atoms with Gasteiger partial charge in [-0.25, -0.2) is 0 Å². The van der Waals surface area contributed by atoms with Gasteiger partial charge in [-0.15, -0.1) is 0 Å². The van der Waals surface area contributed by atoms with Gasteiger partial charge in [-0.3, -0.25) is 4.79 Å². The smallest absolute Gasteiger partial charge is 0.251 e. The van der Waals surface area contributed by atoms with E-state index in [9.17, 15) is 4.79 Å². The Kier molecular flexibility index (Phi) is 5.27. The highest BCUT2D eigenvalue weighted by Gasteiger charge is 2.28. The average molecular weight is 288 g/mol. The molecule has 1 saturated carbocycles. The van der Waals surface area contributed by atoms with Gasteiger partial charge >= 0.3 is 0 Å². The van der Waals surface area contributed by atoms with Crippen LogP contribution in [0.2, 0.25) is 0 Å². The van der Waals surface area contributed by atoms with E-state index < -0.39 is 0 Å². The Morgan fingerprint density at radius 1 is 1.29 bits per heavy atom. The molecule has 2 N–H and O–H groups in total. The summed E-state index contributed by atoms with van der Waals surface area (Å²) in [5.74, 6) is 0.0493. The summed E-state index contributed by atoms with van der Waals surface area (Å²) >= 11 is 0. The molecule has 0 aromatic heterocycles. The molecule has 1 amide bonds. The van der Waals surface area contributed by atoms with Gasteiger partial charge in [0, 0.05) is 24.3 Å². The van der Waals surface area contributed by atoms with Crippen molar-refractivity contribution in [1.82, 2.24) is 5.32 Å². The Morgan fingerprint density at radius 2 is 2.00 bits per heavy atom. The first-order valence-electron chi connectivity index (χ1n) is 8.17. The van der Waals surface area contributed by atoms with Crippen LogP contribution >= 0.6 is 0 Å². The van der Waals surface area contributed by atoms with Crippen LogP contribution in [0.15, 0.2) is 18.2 Å². The highest BCUT2D eigenvalue weighted by atomic mass is 16.1. The Hall–Kier alpha value is -1.51. The molecule has 0 spiro atoms. The van der Waals surface area contributed by atoms with Crippen LogP contribution in [0.4, 0.5) is 5.69 Å². The van der Waals surface area contributed by atoms with E-state index in [1.807, 2.05) is 25.1 Å². The Balaban J connectivity index is 1.94. The summed E-state index contributed by atoms with van der Waals surface area (Å²) in [5.41, 5.74) is 3.31. The van der Waals surface area contributed by atoms with Crippen molar-refractivity contribution in [2.24, 2.45) is 5.41 Å². The molecule has 21 heavy (non-hydrogen) atoms. The Bertz CT molecular complexity index is 490. The van der Waals surface area contributed by atoms with Crippen molar-refractivity contribution in [3.8, 4) is 0 Å². The van der Waals surface area contributed by atoms with Crippen molar-refractivity contribution in [3.63, 3.8) is 0 Å². The van der Waals surface area contributed by atoms with E-state index in [2.05, 4.69) is 24.5 Å². The number of anilines is 1. The van der Waals surface area contributed by atoms with Gasteiger partial charge in [0.1, 0.15) is 0 Å². The largest absolute Gasteiger partial charge is 0.385 e. The fourth-order valence-corrected chi connectivity index (χ4v) is 3.06. The number of amides is 1. The molecular formula is C18H28N2O. The third-order valence-electron chi connectivity index (χ3n) is 4.54. The summed E-state index contributed by atoms with van der Waals surface area (Å²) < 4.78 is 0. The van der Waals surface area contributed by atoms with Crippen molar-refractivity contribution in [2.45, 2.75) is 52.9 Å². The van der Waals surface area contributed by atoms with Crippen molar-refractivity contribution in [2.75, 3.05) is 18.4 Å². The van der Waals surface area contributed by atoms with E-state index >= 15 is 0 Å². The molecule has 1 fully saturated rings. The Morgan fingerprint density at radius 3 is 2.62 bits per heavy atom. The number of aryl methyl sites for hydroxylation is 1. The van der Waals surface area contributed by atoms with E-state index in [1.165, 1.54) is 25.7 Å². The summed E-state index contributed by atoms with van der Waals surface area (Å²) in [6, 6.07) is 5.90. The molecule has 1 aliphatic rings. The fraction of sp³-hybridized carbons (Fsp3) is 0.611. The van der Waals surface area contributed by atoms with Gasteiger partial charge in [-0.1, -0.05) is 26.7 Å². The fourth-order valence-electron chi connectivity index (χ4n) is 3.06. The van der Waals surface area contributed by atoms with Crippen molar-refractivity contribution >= 4 is 11.6 Å². The van der Waals surface area contributed by atoms with Crippen LogP contribution in [-0.2, 0) is 0 Å². The molecule has 0 unspecified atom stereocenters. The second-order valence-corrected chi connectivity index (χ2v) is 6.66. The number of hydrogen-bond donors (Lipinski definition) is 2. The van der Waals surface area contributed by atoms with Crippen LogP contribution in [0.25, 0.3) is 0 Å². The van der Waals surface area contributed by atoms with Crippen LogP contribution in [0.3, 0.4) is 0 Å². The maximum Gasteiger partial charge on any atom is 0.251 e. The lowest BCUT2D eigenvalue weighted by Crippen LogP contribution is -2.34. The molecule has 0 saturated heterocycles. The molecule has 0 heterocycles. The highest BCUT2D eigenvalue weighted by molar-refractivity contribution is 5.94. The molecule has 0 bridgehead atoms. The molecule has 0 radical (unpaired) electrons. The average Bonchev–Trinajstić information content (AvgIpc) is 2.91. The van der Waals surface area contributed by atoms with Crippen molar-refractivity contribution in [3.05, 3.63) is 29.3 Å². The second-order valence-electron chi connectivity index (χ2n) is 6.66. The highest BCUT2D eigenvalue weighted by Crippen LogP contribution is 2.36. The predicted octanol–water partition coefficient (Wildman–Crippen LogP) is 4.13. The van der Waals surface area contributed by atoms with Crippen LogP contribution in [0.5, 0.6) is 0 Å². The maximum absolute atomic E-state index is 12.3. The minimum absolute atomic E-state index is 0.0493. The van der Waals surface area contributed by atoms with Gasteiger partial charge in [0.25, 0.3) is 5.91 Å². The summed E-state index contributed by atoms with van der Waals surface area (Å²) in [6.45, 7) is 8.23. The van der Waals surface area contributed by atoms with Crippen LogP contribution in [-0.4, -0.2) is 19.0 Å². The summed E-state index contributed by atoms with van der Waals surface area (Å²) in [4.78, 5) is 12.3. The first-order valence-corrected chi connectivity index (χ1v) is 8.17. The van der Waals surface area contributed by atoms with Crippen molar-refractivity contribution < 1.29 is 4.79 Å². The monoisotopic (exact) mass is 288 g/mol. The normalized spacial score (nSPS) is 16.7. The molecule has 2 rings (SSSR count). The maximum atomic E-state index is 12.3. The number of carbonyl (C=O) groups excluding carboxylic acids is 1. The van der Waals surface area contributed by atoms with Crippen LogP contribution < -0.4 is 10.6 Å². The molecule has 3 heteroatoms. The molecule has 1 aromatic rings. The first kappa shape index (κ1) is 15.9. The molecule has 1 aliphatic carbocycles. The van der Waals surface area contributed by atoms with Gasteiger partial charge in [0.2, 0.25) is 0 Å². The van der Waals surface area contributed by atoms with E-state index in [4.69, 9.17) is 0 Å². The Labute approximate surface area is 128 Å². The van der Waals surface area contributed by atoms with E-state index in [0.29, 0.717) is 5.41 Å². The van der Waals surface area contributed by atoms with E-state index in [1.54, 1.807) is 0 Å². The number of benzene rings is 1. The number of hydrogen-bond acceptors (Lipinski definition) is 2. The van der Waals surface area contributed by atoms with Gasteiger partial charge in [0.15, 0.2) is 0 Å². The predicted molar refractivity (Wildman–Crippen MR) is 88.9 cm³/mol. The molecular weight excluding hydrogens is 260 g/mol. The summed E-state index contributed by atoms with van der Waals surface area (Å²) in [7, 11) is 0. The van der Waals surface area contributed by atoms with Gasteiger partial charge < -0.3 is 10.6 Å². The van der Waals surface area contributed by atoms with Crippen molar-refractivity contribution in [1.29, 1.82) is 0 Å². The van der Waals surface area contributed by atoms with Crippen LogP contribution in [0.1, 0.15) is 61.9 Å². The lowest BCUT2D eigenvalue weighted by atomic mass is 9.89. The molecule has 116 valence electrons. The number of carbonyl (C=O) groups is 1. The minimum atomic E-state index is 0.0493. The zero-order chi connectivity index (χ0) is 15.3. The zero-order valence-electron chi connectivity index (χ0n) is 13.6. The summed E-state index contributed by atoms with van der Waals surface area (Å²) in [6.07, 6.45) is 6.14. The van der Waals surface area contributed by atoms with E-state index in [0.717, 1.165) is 36.3 Å². The minimum Gasteiger partial charge on any atom is -0.385 e. The lowest BCUT2D eigenvalue weighted by Gasteiger charge is -2.23. The van der Waals surface area contributed by atoms with Gasteiger partial charge in [-0.05, 0) is 55.4 Å².